The van der Waals surface area contributed by atoms with E-state index in [-0.39, 0.29) is 6.04 Å². The minimum Gasteiger partial charge on any atom is -0.285 e. The van der Waals surface area contributed by atoms with Gasteiger partial charge in [-0.3, -0.25) is 4.90 Å². The molecule has 1 aliphatic rings. The Morgan fingerprint density at radius 1 is 1.29 bits per heavy atom. The van der Waals surface area contributed by atoms with Crippen LogP contribution in [0.5, 0.6) is 0 Å². The van der Waals surface area contributed by atoms with Crippen molar-refractivity contribution < 1.29 is 0 Å². The molecule has 0 amide bonds. The molecule has 0 aromatic heterocycles. The highest BCUT2D eigenvalue weighted by atomic mass is 15.1. The molecule has 0 spiro atoms. The van der Waals surface area contributed by atoms with Crippen molar-refractivity contribution in [2.45, 2.75) is 38.6 Å². The van der Waals surface area contributed by atoms with Crippen molar-refractivity contribution >= 4 is 0 Å². The summed E-state index contributed by atoms with van der Waals surface area (Å²) >= 11 is 0. The molecule has 0 radical (unpaired) electrons. The Hall–Kier alpha value is -1.33. The summed E-state index contributed by atoms with van der Waals surface area (Å²) in [7, 11) is 0. The summed E-state index contributed by atoms with van der Waals surface area (Å²) in [6.07, 6.45) is 2.57. The molecule has 1 saturated carbocycles. The summed E-state index contributed by atoms with van der Waals surface area (Å²) in [4.78, 5) is 2.22. The normalized spacial score (nSPS) is 16.8. The van der Waals surface area contributed by atoms with Gasteiger partial charge in [-0.1, -0.05) is 38.1 Å². The van der Waals surface area contributed by atoms with Gasteiger partial charge in [0.05, 0.1) is 6.07 Å². The molecule has 0 bridgehead atoms. The first-order chi connectivity index (χ1) is 8.31. The highest BCUT2D eigenvalue weighted by Gasteiger charge is 2.29. The van der Waals surface area contributed by atoms with Gasteiger partial charge in [0.15, 0.2) is 0 Å². The fourth-order valence-electron chi connectivity index (χ4n) is 2.46. The maximum Gasteiger partial charge on any atom is 0.124 e. The largest absolute Gasteiger partial charge is 0.285 e. The van der Waals surface area contributed by atoms with Crippen LogP contribution in [0.2, 0.25) is 0 Å². The third-order valence-corrected chi connectivity index (χ3v) is 3.61. The lowest BCUT2D eigenvalue weighted by Gasteiger charge is -2.26. The van der Waals surface area contributed by atoms with Gasteiger partial charge in [0.25, 0.3) is 0 Å². The van der Waals surface area contributed by atoms with E-state index in [9.17, 15) is 5.26 Å². The average Bonchev–Trinajstić information content (AvgIpc) is 3.20. The quantitative estimate of drug-likeness (QED) is 0.771. The minimum atomic E-state index is -0.0817. The molecule has 2 rings (SSSR count). The van der Waals surface area contributed by atoms with E-state index in [2.05, 4.69) is 49.1 Å². The zero-order valence-corrected chi connectivity index (χ0v) is 10.7. The van der Waals surface area contributed by atoms with E-state index in [0.29, 0.717) is 5.92 Å². The van der Waals surface area contributed by atoms with Gasteiger partial charge < -0.3 is 0 Å². The van der Waals surface area contributed by atoms with Gasteiger partial charge in [-0.25, -0.2) is 0 Å². The Morgan fingerprint density at radius 3 is 2.47 bits per heavy atom. The van der Waals surface area contributed by atoms with Crippen LogP contribution in [0.3, 0.4) is 0 Å². The van der Waals surface area contributed by atoms with Crippen molar-refractivity contribution in [3.05, 3.63) is 35.4 Å². The second kappa shape index (κ2) is 5.33. The van der Waals surface area contributed by atoms with Crippen molar-refractivity contribution in [2.24, 2.45) is 0 Å². The molecule has 0 N–H and O–H groups in total. The molecule has 1 unspecified atom stereocenters. The standard InChI is InChI=1S/C15H20N2/c1-3-17(4-2)15(11-16)14-8-6-5-7-13(14)12-9-10-12/h5-8,12,15H,3-4,9-10H2,1-2H3. The third kappa shape index (κ3) is 2.50. The molecule has 2 nitrogen and oxygen atoms in total. The summed E-state index contributed by atoms with van der Waals surface area (Å²) in [6.45, 7) is 6.09. The van der Waals surface area contributed by atoms with Crippen LogP contribution >= 0.6 is 0 Å². The zero-order chi connectivity index (χ0) is 12.3. The number of nitriles is 1. The molecular formula is C15H20N2. The van der Waals surface area contributed by atoms with Crippen molar-refractivity contribution in [3.63, 3.8) is 0 Å². The third-order valence-electron chi connectivity index (χ3n) is 3.61. The van der Waals surface area contributed by atoms with E-state index in [1.807, 2.05) is 0 Å². The van der Waals surface area contributed by atoms with Crippen LogP contribution in [-0.4, -0.2) is 18.0 Å². The first-order valence-electron chi connectivity index (χ1n) is 6.54. The van der Waals surface area contributed by atoms with E-state index in [0.717, 1.165) is 13.1 Å². The highest BCUT2D eigenvalue weighted by Crippen LogP contribution is 2.43. The highest BCUT2D eigenvalue weighted by molar-refractivity contribution is 5.38. The first-order valence-corrected chi connectivity index (χ1v) is 6.54. The molecule has 0 aliphatic heterocycles. The van der Waals surface area contributed by atoms with Crippen molar-refractivity contribution in [3.8, 4) is 6.07 Å². The van der Waals surface area contributed by atoms with E-state index < -0.39 is 0 Å². The van der Waals surface area contributed by atoms with E-state index in [1.165, 1.54) is 24.0 Å². The van der Waals surface area contributed by atoms with E-state index in [4.69, 9.17) is 0 Å². The topological polar surface area (TPSA) is 27.0 Å². The first kappa shape index (κ1) is 12.1. The molecule has 1 fully saturated rings. The Labute approximate surface area is 104 Å². The van der Waals surface area contributed by atoms with Gasteiger partial charge in [-0.05, 0) is 43.0 Å². The minimum absolute atomic E-state index is 0.0817. The van der Waals surface area contributed by atoms with Crippen LogP contribution in [0.4, 0.5) is 0 Å². The molecule has 17 heavy (non-hydrogen) atoms. The van der Waals surface area contributed by atoms with Gasteiger partial charge in [0.2, 0.25) is 0 Å². The Bertz CT molecular complexity index is 411. The summed E-state index contributed by atoms with van der Waals surface area (Å²) in [5, 5.41) is 9.45. The van der Waals surface area contributed by atoms with Crippen LogP contribution in [0.1, 0.15) is 49.8 Å². The number of hydrogen-bond donors (Lipinski definition) is 0. The zero-order valence-electron chi connectivity index (χ0n) is 10.7. The summed E-state index contributed by atoms with van der Waals surface area (Å²) in [5.41, 5.74) is 2.62. The van der Waals surface area contributed by atoms with Crippen molar-refractivity contribution in [1.29, 1.82) is 5.26 Å². The smallest absolute Gasteiger partial charge is 0.124 e. The number of hydrogen-bond acceptors (Lipinski definition) is 2. The fourth-order valence-corrected chi connectivity index (χ4v) is 2.46. The summed E-state index contributed by atoms with van der Waals surface area (Å²) in [5.74, 6) is 0.706. The maximum atomic E-state index is 9.45. The van der Waals surface area contributed by atoms with Crippen LogP contribution in [-0.2, 0) is 0 Å². The van der Waals surface area contributed by atoms with Gasteiger partial charge in [-0.15, -0.1) is 0 Å². The molecule has 2 heteroatoms. The number of rotatable bonds is 5. The summed E-state index contributed by atoms with van der Waals surface area (Å²) in [6, 6.07) is 10.8. The van der Waals surface area contributed by atoms with E-state index in [1.54, 1.807) is 0 Å². The number of nitrogens with zero attached hydrogens (tertiary/aromatic N) is 2. The Balaban J connectivity index is 2.33. The van der Waals surface area contributed by atoms with Gasteiger partial charge in [0.1, 0.15) is 6.04 Å². The number of benzene rings is 1. The lowest BCUT2D eigenvalue weighted by molar-refractivity contribution is 0.261. The monoisotopic (exact) mass is 228 g/mol. The molecule has 0 heterocycles. The lowest BCUT2D eigenvalue weighted by Crippen LogP contribution is -2.28. The van der Waals surface area contributed by atoms with Gasteiger partial charge >= 0.3 is 0 Å². The maximum absolute atomic E-state index is 9.45. The molecule has 90 valence electrons. The van der Waals surface area contributed by atoms with Gasteiger partial charge in [0, 0.05) is 0 Å². The molecule has 1 aromatic rings. The Morgan fingerprint density at radius 2 is 1.94 bits per heavy atom. The van der Waals surface area contributed by atoms with Crippen molar-refractivity contribution in [1.82, 2.24) is 4.90 Å². The second-order valence-corrected chi connectivity index (χ2v) is 4.66. The molecular weight excluding hydrogens is 208 g/mol. The Kier molecular flexibility index (Phi) is 3.81. The predicted octanol–water partition coefficient (Wildman–Crippen LogP) is 3.47. The fraction of sp³-hybridized carbons (Fsp3) is 0.533. The van der Waals surface area contributed by atoms with Crippen LogP contribution < -0.4 is 0 Å². The van der Waals surface area contributed by atoms with Crippen molar-refractivity contribution in [2.75, 3.05) is 13.1 Å². The molecule has 1 atom stereocenters. The van der Waals surface area contributed by atoms with Crippen LogP contribution in [0.25, 0.3) is 0 Å². The second-order valence-electron chi connectivity index (χ2n) is 4.66. The predicted molar refractivity (Wildman–Crippen MR) is 69.7 cm³/mol. The molecule has 1 aromatic carbocycles. The van der Waals surface area contributed by atoms with E-state index >= 15 is 0 Å². The molecule has 0 saturated heterocycles. The van der Waals surface area contributed by atoms with Crippen LogP contribution in [0, 0.1) is 11.3 Å². The average molecular weight is 228 g/mol. The SMILES string of the molecule is CCN(CC)C(C#N)c1ccccc1C1CC1. The lowest BCUT2D eigenvalue weighted by atomic mass is 9.97. The summed E-state index contributed by atoms with van der Waals surface area (Å²) < 4.78 is 0. The van der Waals surface area contributed by atoms with Gasteiger partial charge in [-0.2, -0.15) is 5.26 Å². The van der Waals surface area contributed by atoms with Crippen LogP contribution in [0.15, 0.2) is 24.3 Å². The molecule has 1 aliphatic carbocycles.